The van der Waals surface area contributed by atoms with Gasteiger partial charge in [0.2, 0.25) is 0 Å². The van der Waals surface area contributed by atoms with Crippen LogP contribution in [-0.2, 0) is 9.53 Å². The maximum atomic E-state index is 10.4. The third-order valence-corrected chi connectivity index (χ3v) is 5.32. The lowest BCUT2D eigenvalue weighted by molar-refractivity contribution is -0.137. The van der Waals surface area contributed by atoms with Gasteiger partial charge < -0.3 is 9.84 Å². The van der Waals surface area contributed by atoms with Gasteiger partial charge in [0, 0.05) is 19.6 Å². The number of ether oxygens (including phenoxy) is 1. The summed E-state index contributed by atoms with van der Waals surface area (Å²) in [4.78, 5) is 10.4. The molecule has 162 valence electrons. The Morgan fingerprint density at radius 2 is 0.889 bits per heavy atom. The molecular formula is C24H48O3. The molecule has 0 unspecified atom stereocenters. The quantitative estimate of drug-likeness (QED) is 0.182. The molecule has 0 radical (unpaired) electrons. The molecule has 0 fully saturated rings. The third-order valence-electron chi connectivity index (χ3n) is 5.32. The Hall–Kier alpha value is -0.570. The highest BCUT2D eigenvalue weighted by Gasteiger charge is 1.97. The van der Waals surface area contributed by atoms with E-state index in [1.807, 2.05) is 0 Å². The molecule has 27 heavy (non-hydrogen) atoms. The molecule has 0 aliphatic carbocycles. The summed E-state index contributed by atoms with van der Waals surface area (Å²) in [7, 11) is 0. The Kier molecular flexibility index (Phi) is 23.0. The zero-order chi connectivity index (χ0) is 19.8. The molecule has 0 rings (SSSR count). The molecule has 0 bridgehead atoms. The van der Waals surface area contributed by atoms with Gasteiger partial charge in [-0.2, -0.15) is 0 Å². The second-order valence-electron chi connectivity index (χ2n) is 8.12. The van der Waals surface area contributed by atoms with E-state index >= 15 is 0 Å². The van der Waals surface area contributed by atoms with Crippen molar-refractivity contribution in [3.8, 4) is 0 Å². The normalized spacial score (nSPS) is 11.1. The third kappa shape index (κ3) is 25.4. The van der Waals surface area contributed by atoms with Gasteiger partial charge in [-0.1, -0.05) is 110 Å². The van der Waals surface area contributed by atoms with Crippen molar-refractivity contribution in [3.05, 3.63) is 0 Å². The summed E-state index contributed by atoms with van der Waals surface area (Å²) in [5, 5.41) is 8.57. The minimum absolute atomic E-state index is 0.337. The zero-order valence-corrected chi connectivity index (χ0v) is 18.3. The zero-order valence-electron chi connectivity index (χ0n) is 18.3. The summed E-state index contributed by atoms with van der Waals surface area (Å²) in [6, 6.07) is 0. The molecule has 0 aromatic carbocycles. The Bertz CT molecular complexity index is 291. The first-order valence-corrected chi connectivity index (χ1v) is 12.1. The fourth-order valence-corrected chi connectivity index (χ4v) is 3.51. The van der Waals surface area contributed by atoms with Crippen LogP contribution in [0.2, 0.25) is 0 Å². The topological polar surface area (TPSA) is 46.5 Å². The molecule has 0 aliphatic heterocycles. The number of hydrogen-bond acceptors (Lipinski definition) is 2. The number of hydrogen-bond donors (Lipinski definition) is 1. The van der Waals surface area contributed by atoms with Crippen LogP contribution in [-0.4, -0.2) is 24.3 Å². The molecule has 0 aromatic heterocycles. The molecule has 0 saturated carbocycles. The van der Waals surface area contributed by atoms with Crippen molar-refractivity contribution >= 4 is 5.97 Å². The van der Waals surface area contributed by atoms with E-state index in [1.165, 1.54) is 109 Å². The van der Waals surface area contributed by atoms with Crippen LogP contribution in [0, 0.1) is 0 Å². The number of aliphatic carboxylic acids is 1. The van der Waals surface area contributed by atoms with Crippen LogP contribution in [0.5, 0.6) is 0 Å². The van der Waals surface area contributed by atoms with E-state index in [-0.39, 0.29) is 0 Å². The van der Waals surface area contributed by atoms with Gasteiger partial charge in [0.1, 0.15) is 0 Å². The van der Waals surface area contributed by atoms with Crippen LogP contribution in [0.15, 0.2) is 0 Å². The van der Waals surface area contributed by atoms with Crippen molar-refractivity contribution in [1.82, 2.24) is 0 Å². The lowest BCUT2D eigenvalue weighted by atomic mass is 10.0. The van der Waals surface area contributed by atoms with E-state index < -0.39 is 5.97 Å². The number of carboxylic acids is 1. The molecule has 0 aliphatic rings. The van der Waals surface area contributed by atoms with Crippen LogP contribution >= 0.6 is 0 Å². The Morgan fingerprint density at radius 3 is 1.26 bits per heavy atom. The molecule has 0 saturated heterocycles. The van der Waals surface area contributed by atoms with Gasteiger partial charge in [-0.15, -0.1) is 0 Å². The molecule has 1 N–H and O–H groups in total. The minimum atomic E-state index is -0.658. The number of unbranched alkanes of at least 4 members (excludes halogenated alkanes) is 17. The van der Waals surface area contributed by atoms with Crippen LogP contribution in [0.1, 0.15) is 135 Å². The summed E-state index contributed by atoms with van der Waals surface area (Å²) < 4.78 is 5.74. The highest BCUT2D eigenvalue weighted by atomic mass is 16.5. The van der Waals surface area contributed by atoms with Gasteiger partial charge in [0.15, 0.2) is 0 Å². The second kappa shape index (κ2) is 23.5. The Morgan fingerprint density at radius 1 is 0.556 bits per heavy atom. The monoisotopic (exact) mass is 384 g/mol. The Labute approximate surface area is 169 Å². The molecule has 0 spiro atoms. The highest BCUT2D eigenvalue weighted by molar-refractivity contribution is 5.66. The molecule has 0 aromatic rings. The summed E-state index contributed by atoms with van der Waals surface area (Å²) in [6.45, 7) is 4.19. The van der Waals surface area contributed by atoms with Gasteiger partial charge in [-0.25, -0.2) is 0 Å². The van der Waals surface area contributed by atoms with Crippen molar-refractivity contribution in [2.45, 2.75) is 135 Å². The summed E-state index contributed by atoms with van der Waals surface area (Å²) in [6.07, 6.45) is 24.9. The van der Waals surface area contributed by atoms with E-state index in [4.69, 9.17) is 9.84 Å². The minimum Gasteiger partial charge on any atom is -0.481 e. The fourth-order valence-electron chi connectivity index (χ4n) is 3.51. The smallest absolute Gasteiger partial charge is 0.303 e. The van der Waals surface area contributed by atoms with E-state index in [2.05, 4.69) is 6.92 Å². The average molecular weight is 385 g/mol. The number of carbonyl (C=O) groups is 1. The predicted octanol–water partition coefficient (Wildman–Crippen LogP) is 7.91. The molecular weight excluding hydrogens is 336 g/mol. The summed E-state index contributed by atoms with van der Waals surface area (Å²) in [5.74, 6) is -0.658. The first kappa shape index (κ1) is 26.4. The van der Waals surface area contributed by atoms with Crippen LogP contribution in [0.4, 0.5) is 0 Å². The Balaban J connectivity index is 2.98. The summed E-state index contributed by atoms with van der Waals surface area (Å²) in [5.41, 5.74) is 0. The van der Waals surface area contributed by atoms with Crippen molar-refractivity contribution in [2.24, 2.45) is 0 Å². The van der Waals surface area contributed by atoms with Crippen molar-refractivity contribution in [3.63, 3.8) is 0 Å². The molecule has 3 heteroatoms. The molecule has 0 atom stereocenters. The average Bonchev–Trinajstić information content (AvgIpc) is 2.65. The first-order chi connectivity index (χ1) is 13.3. The predicted molar refractivity (Wildman–Crippen MR) is 116 cm³/mol. The van der Waals surface area contributed by atoms with Gasteiger partial charge in [0.05, 0.1) is 0 Å². The van der Waals surface area contributed by atoms with Crippen LogP contribution < -0.4 is 0 Å². The van der Waals surface area contributed by atoms with Gasteiger partial charge in [0.25, 0.3) is 0 Å². The molecule has 0 amide bonds. The van der Waals surface area contributed by atoms with Crippen molar-refractivity contribution < 1.29 is 14.6 Å². The number of carboxylic acid groups (broad SMARTS) is 1. The standard InChI is InChI=1S/C24H48O3/c1-2-3-4-5-13-16-19-22-27-23-20-17-14-11-9-7-6-8-10-12-15-18-21-24(25)26/h2-23H2,1H3,(H,25,26). The largest absolute Gasteiger partial charge is 0.481 e. The van der Waals surface area contributed by atoms with E-state index in [0.717, 1.165) is 26.1 Å². The van der Waals surface area contributed by atoms with Crippen molar-refractivity contribution in [2.75, 3.05) is 13.2 Å². The van der Waals surface area contributed by atoms with E-state index in [0.29, 0.717) is 6.42 Å². The SMILES string of the molecule is CCCCCCCCCOCCCCCCCCCCCCCCC(=O)O. The summed E-state index contributed by atoms with van der Waals surface area (Å²) >= 11 is 0. The van der Waals surface area contributed by atoms with E-state index in [9.17, 15) is 4.79 Å². The van der Waals surface area contributed by atoms with E-state index in [1.54, 1.807) is 0 Å². The van der Waals surface area contributed by atoms with Gasteiger partial charge >= 0.3 is 5.97 Å². The van der Waals surface area contributed by atoms with Crippen LogP contribution in [0.25, 0.3) is 0 Å². The molecule has 0 heterocycles. The lowest BCUT2D eigenvalue weighted by Crippen LogP contribution is -1.97. The van der Waals surface area contributed by atoms with Crippen molar-refractivity contribution in [1.29, 1.82) is 0 Å². The maximum absolute atomic E-state index is 10.4. The van der Waals surface area contributed by atoms with Gasteiger partial charge in [-0.3, -0.25) is 4.79 Å². The maximum Gasteiger partial charge on any atom is 0.303 e. The first-order valence-electron chi connectivity index (χ1n) is 12.1. The number of rotatable bonds is 23. The highest BCUT2D eigenvalue weighted by Crippen LogP contribution is 2.12. The fraction of sp³-hybridized carbons (Fsp3) is 0.958. The molecule has 3 nitrogen and oxygen atoms in total. The van der Waals surface area contributed by atoms with Gasteiger partial charge in [-0.05, 0) is 19.3 Å². The van der Waals surface area contributed by atoms with Crippen LogP contribution in [0.3, 0.4) is 0 Å². The second-order valence-corrected chi connectivity index (χ2v) is 8.12. The lowest BCUT2D eigenvalue weighted by Gasteiger charge is -2.05.